The normalized spacial score (nSPS) is 11.2. The number of hydrogen-bond acceptors (Lipinski definition) is 6. The van der Waals surface area contributed by atoms with E-state index < -0.39 is 12.0 Å². The zero-order valence-corrected chi connectivity index (χ0v) is 24.3. The highest BCUT2D eigenvalue weighted by atomic mass is 35.5. The summed E-state index contributed by atoms with van der Waals surface area (Å²) in [6, 6.07) is 9.09. The number of hydrogen-bond donors (Lipinski definition) is 0. The number of rotatable bonds is 13. The highest BCUT2D eigenvalue weighted by Crippen LogP contribution is 2.37. The number of aromatic nitrogens is 3. The van der Waals surface area contributed by atoms with Crippen molar-refractivity contribution < 1.29 is 14.7 Å². The number of carboxylic acid groups (broad SMARTS) is 1. The van der Waals surface area contributed by atoms with E-state index in [1.165, 1.54) is 11.8 Å². The number of imide groups is 1. The lowest BCUT2D eigenvalue weighted by Gasteiger charge is -2.23. The Morgan fingerprint density at radius 1 is 1.05 bits per heavy atom. The second-order valence-electron chi connectivity index (χ2n) is 9.43. The molecule has 0 bridgehead atoms. The lowest BCUT2D eigenvalue weighted by Crippen LogP contribution is -2.45. The molecule has 0 aliphatic rings. The number of halogens is 2. The third-order valence-electron chi connectivity index (χ3n) is 6.03. The number of amides is 2. The van der Waals surface area contributed by atoms with Crippen molar-refractivity contribution in [2.45, 2.75) is 88.2 Å². The molecular weight excluding hydrogens is 543 g/mol. The maximum absolute atomic E-state index is 12.9. The summed E-state index contributed by atoms with van der Waals surface area (Å²) in [5.74, 6) is 0.0295. The zero-order valence-electron chi connectivity index (χ0n) is 22.0. The predicted octanol–water partition coefficient (Wildman–Crippen LogP) is 6.94. The van der Waals surface area contributed by atoms with E-state index in [4.69, 9.17) is 28.2 Å². The number of carbonyl (C=O) groups excluding carboxylic acids is 2. The molecule has 0 aliphatic carbocycles. The van der Waals surface area contributed by atoms with E-state index in [1.807, 2.05) is 42.7 Å². The summed E-state index contributed by atoms with van der Waals surface area (Å²) >= 11 is 14.0. The maximum Gasteiger partial charge on any atom is 0.228 e. The zero-order chi connectivity index (χ0) is 27.7. The summed E-state index contributed by atoms with van der Waals surface area (Å²) in [4.78, 5) is 35.5. The van der Waals surface area contributed by atoms with Gasteiger partial charge in [0, 0.05) is 40.3 Å². The Labute approximate surface area is 238 Å². The third kappa shape index (κ3) is 8.48. The number of unbranched alkanes of at least 4 members (excludes halogenated alkanes) is 4. The van der Waals surface area contributed by atoms with Crippen LogP contribution in [-0.2, 0) is 17.9 Å². The van der Waals surface area contributed by atoms with Crippen LogP contribution in [0.3, 0.4) is 0 Å². The van der Waals surface area contributed by atoms with Crippen molar-refractivity contribution in [1.29, 1.82) is 0 Å². The Morgan fingerprint density at radius 3 is 2.32 bits per heavy atom. The molecular formula is C28H33Cl2N4O3S-. The average Bonchev–Trinajstić information content (AvgIpc) is 3.18. The van der Waals surface area contributed by atoms with Gasteiger partial charge in [0.05, 0.1) is 12.2 Å². The molecule has 2 amide bonds. The molecule has 204 valence electrons. The molecule has 0 aliphatic heterocycles. The molecule has 0 fully saturated rings. The summed E-state index contributed by atoms with van der Waals surface area (Å²) < 4.78 is 1.95. The van der Waals surface area contributed by atoms with E-state index >= 15 is 0 Å². The quantitative estimate of drug-likeness (QED) is 0.205. The number of pyridine rings is 1. The molecule has 1 aromatic carbocycles. The Bertz CT molecular complexity index is 1210. The van der Waals surface area contributed by atoms with E-state index in [0.29, 0.717) is 28.8 Å². The number of carbonyl (C=O) groups is 2. The van der Waals surface area contributed by atoms with Gasteiger partial charge in [-0.05, 0) is 48.2 Å². The molecule has 3 rings (SSSR count). The van der Waals surface area contributed by atoms with Crippen LogP contribution in [0.25, 0.3) is 0 Å². The van der Waals surface area contributed by atoms with Crippen molar-refractivity contribution in [3.63, 3.8) is 0 Å². The topological polar surface area (TPSA) is 91.2 Å². The molecule has 10 heteroatoms. The van der Waals surface area contributed by atoms with E-state index in [-0.39, 0.29) is 18.9 Å². The summed E-state index contributed by atoms with van der Waals surface area (Å²) in [5, 5.41) is 13.9. The first-order valence-corrected chi connectivity index (χ1v) is 14.4. The lowest BCUT2D eigenvalue weighted by atomic mass is 10.1. The monoisotopic (exact) mass is 575 g/mol. The number of benzene rings is 1. The highest BCUT2D eigenvalue weighted by molar-refractivity contribution is 7.99. The lowest BCUT2D eigenvalue weighted by molar-refractivity contribution is -0.264. The second kappa shape index (κ2) is 14.6. The van der Waals surface area contributed by atoms with Crippen LogP contribution in [0.4, 0.5) is 4.79 Å². The van der Waals surface area contributed by atoms with Crippen LogP contribution in [0.5, 0.6) is 0 Å². The third-order valence-corrected chi connectivity index (χ3v) is 7.56. The fourth-order valence-corrected chi connectivity index (χ4v) is 5.97. The van der Waals surface area contributed by atoms with Crippen molar-refractivity contribution in [2.75, 3.05) is 0 Å². The Hall–Kier alpha value is -2.55. The van der Waals surface area contributed by atoms with Gasteiger partial charge >= 0.3 is 0 Å². The van der Waals surface area contributed by atoms with E-state index in [0.717, 1.165) is 51.8 Å². The number of nitrogens with zero attached hydrogens (tertiary/aromatic N) is 4. The maximum atomic E-state index is 12.9. The predicted molar refractivity (Wildman–Crippen MR) is 150 cm³/mol. The van der Waals surface area contributed by atoms with Gasteiger partial charge in [0.25, 0.3) is 0 Å². The molecule has 38 heavy (non-hydrogen) atoms. The van der Waals surface area contributed by atoms with Gasteiger partial charge in [0.15, 0.2) is 0 Å². The minimum atomic E-state index is -1.52. The summed E-state index contributed by atoms with van der Waals surface area (Å²) in [7, 11) is 0. The van der Waals surface area contributed by atoms with Crippen molar-refractivity contribution in [3.8, 4) is 0 Å². The van der Waals surface area contributed by atoms with Crippen LogP contribution in [0.15, 0.2) is 52.6 Å². The largest absolute Gasteiger partial charge is 0.530 e. The fourth-order valence-electron chi connectivity index (χ4n) is 4.05. The second-order valence-corrected chi connectivity index (χ2v) is 11.4. The molecule has 3 aromatic rings. The summed E-state index contributed by atoms with van der Waals surface area (Å²) in [5.41, 5.74) is 1.75. The van der Waals surface area contributed by atoms with Crippen LogP contribution < -0.4 is 5.11 Å². The SMILES string of the molecule is CCCCCCCC(=O)N(Cc1nc(C(C)C)c(Sc2cc(Cl)cc(Cl)c2)n1Cc1ccncc1)C(=O)[O-]. The molecule has 0 spiro atoms. The minimum absolute atomic E-state index is 0.0373. The van der Waals surface area contributed by atoms with Crippen molar-refractivity contribution in [3.05, 3.63) is 69.9 Å². The molecule has 0 atom stereocenters. The van der Waals surface area contributed by atoms with E-state index in [2.05, 4.69) is 11.9 Å². The van der Waals surface area contributed by atoms with Crippen LogP contribution in [0.2, 0.25) is 10.0 Å². The van der Waals surface area contributed by atoms with E-state index in [9.17, 15) is 14.7 Å². The molecule has 7 nitrogen and oxygen atoms in total. The molecule has 0 radical (unpaired) electrons. The van der Waals surface area contributed by atoms with Gasteiger partial charge in [-0.25, -0.2) is 4.98 Å². The average molecular weight is 577 g/mol. The van der Waals surface area contributed by atoms with Crippen molar-refractivity contribution >= 4 is 47.0 Å². The Kier molecular flexibility index (Phi) is 11.5. The van der Waals surface area contributed by atoms with Gasteiger partial charge < -0.3 is 14.5 Å². The molecule has 0 saturated carbocycles. The van der Waals surface area contributed by atoms with Gasteiger partial charge in [-0.1, -0.05) is 81.4 Å². The van der Waals surface area contributed by atoms with Gasteiger partial charge in [0.1, 0.15) is 16.9 Å². The minimum Gasteiger partial charge on any atom is -0.530 e. The van der Waals surface area contributed by atoms with Crippen molar-refractivity contribution in [2.24, 2.45) is 0 Å². The van der Waals surface area contributed by atoms with Crippen LogP contribution >= 0.6 is 35.0 Å². The Balaban J connectivity index is 1.99. The van der Waals surface area contributed by atoms with Gasteiger partial charge in [0.2, 0.25) is 5.91 Å². The van der Waals surface area contributed by atoms with Gasteiger partial charge in [-0.3, -0.25) is 14.7 Å². The van der Waals surface area contributed by atoms with E-state index in [1.54, 1.807) is 18.5 Å². The smallest absolute Gasteiger partial charge is 0.228 e. The van der Waals surface area contributed by atoms with Crippen LogP contribution in [-0.4, -0.2) is 31.4 Å². The van der Waals surface area contributed by atoms with Crippen LogP contribution in [0, 0.1) is 0 Å². The highest BCUT2D eigenvalue weighted by Gasteiger charge is 2.25. The first-order chi connectivity index (χ1) is 18.2. The Morgan fingerprint density at radius 2 is 1.71 bits per heavy atom. The standard InChI is InChI=1S/C28H34Cl2N4O3S/c1-4-5-6-7-8-9-25(35)34(28(36)37)18-24-32-26(19(2)3)27(33(24)17-20-10-12-31-13-11-20)38-23-15-21(29)14-22(30)16-23/h10-16,19H,4-9,17-18H2,1-3H3,(H,36,37)/p-1. The molecule has 0 unspecified atom stereocenters. The molecule has 0 N–H and O–H groups in total. The first-order valence-electron chi connectivity index (χ1n) is 12.8. The summed E-state index contributed by atoms with van der Waals surface area (Å²) in [6.07, 6.45) is 6.78. The van der Waals surface area contributed by atoms with Gasteiger partial charge in [-0.2, -0.15) is 0 Å². The molecule has 2 aromatic heterocycles. The summed E-state index contributed by atoms with van der Waals surface area (Å²) in [6.45, 7) is 6.39. The molecule has 2 heterocycles. The van der Waals surface area contributed by atoms with Crippen LogP contribution in [0.1, 0.15) is 82.3 Å². The number of imidazole rings is 1. The fraction of sp³-hybridized carbons (Fsp3) is 0.429. The molecule has 0 saturated heterocycles. The van der Waals surface area contributed by atoms with Crippen molar-refractivity contribution in [1.82, 2.24) is 19.4 Å². The first kappa shape index (κ1) is 30.0. The van der Waals surface area contributed by atoms with Gasteiger partial charge in [-0.15, -0.1) is 0 Å².